The first-order chi connectivity index (χ1) is 8.72. The summed E-state index contributed by atoms with van der Waals surface area (Å²) in [5.41, 5.74) is 3.19. The predicted octanol–water partition coefficient (Wildman–Crippen LogP) is 4.91. The Kier molecular flexibility index (Phi) is 2.71. The zero-order valence-corrected chi connectivity index (χ0v) is 11.3. The maximum absolute atomic E-state index is 6.51. The Morgan fingerprint density at radius 3 is 2.61 bits per heavy atom. The number of fused-ring (bicyclic) bond motifs is 3. The van der Waals surface area contributed by atoms with Crippen LogP contribution in [-0.2, 0) is 6.42 Å². The van der Waals surface area contributed by atoms with Crippen molar-refractivity contribution in [2.75, 3.05) is 0 Å². The summed E-state index contributed by atoms with van der Waals surface area (Å²) in [5, 5.41) is 4.28. The van der Waals surface area contributed by atoms with Gasteiger partial charge in [-0.25, -0.2) is 0 Å². The van der Waals surface area contributed by atoms with E-state index >= 15 is 0 Å². The molecule has 0 saturated carbocycles. The second-order valence-corrected chi connectivity index (χ2v) is 4.90. The number of hydrogen-bond acceptors (Lipinski definition) is 1. The van der Waals surface area contributed by atoms with Gasteiger partial charge in [-0.1, -0.05) is 54.9 Å². The Bertz CT molecular complexity index is 747. The maximum Gasteiger partial charge on any atom is 0.0798 e. The summed E-state index contributed by atoms with van der Waals surface area (Å²) in [6, 6.07) is 12.5. The minimum absolute atomic E-state index is 0.853. The van der Waals surface area contributed by atoms with Gasteiger partial charge in [0.05, 0.1) is 10.5 Å². The lowest BCUT2D eigenvalue weighted by Crippen LogP contribution is -1.95. The van der Waals surface area contributed by atoms with E-state index in [1.54, 1.807) is 0 Å². The van der Waals surface area contributed by atoms with Crippen LogP contribution in [0.15, 0.2) is 36.4 Å². The van der Waals surface area contributed by atoms with Crippen molar-refractivity contribution in [1.29, 1.82) is 0 Å². The van der Waals surface area contributed by atoms with E-state index < -0.39 is 0 Å². The number of rotatable bonds is 1. The van der Waals surface area contributed by atoms with Crippen molar-refractivity contribution in [2.45, 2.75) is 20.3 Å². The Morgan fingerprint density at radius 2 is 1.83 bits per heavy atom. The standard InChI is InChI=1S/C16H14ClN/c1-3-12-10(2)18-16-13-7-5-4-6-11(13)8-9-14(16)15(12)17/h4-9H,3H2,1-2H3. The topological polar surface area (TPSA) is 12.9 Å². The van der Waals surface area contributed by atoms with Crippen LogP contribution in [0.2, 0.25) is 5.02 Å². The quantitative estimate of drug-likeness (QED) is 0.563. The number of benzene rings is 2. The summed E-state index contributed by atoms with van der Waals surface area (Å²) in [4.78, 5) is 4.75. The van der Waals surface area contributed by atoms with Crippen LogP contribution in [0.1, 0.15) is 18.2 Å². The monoisotopic (exact) mass is 255 g/mol. The minimum Gasteiger partial charge on any atom is -0.252 e. The molecule has 0 saturated heterocycles. The number of halogens is 1. The van der Waals surface area contributed by atoms with Crippen molar-refractivity contribution < 1.29 is 0 Å². The Morgan fingerprint density at radius 1 is 1.06 bits per heavy atom. The van der Waals surface area contributed by atoms with Crippen LogP contribution >= 0.6 is 11.6 Å². The molecule has 2 heteroatoms. The molecular weight excluding hydrogens is 242 g/mol. The van der Waals surface area contributed by atoms with Crippen LogP contribution in [0.5, 0.6) is 0 Å². The molecule has 0 fully saturated rings. The summed E-state index contributed by atoms with van der Waals surface area (Å²) in [6.45, 7) is 4.15. The van der Waals surface area contributed by atoms with Crippen molar-refractivity contribution >= 4 is 33.3 Å². The molecule has 0 amide bonds. The van der Waals surface area contributed by atoms with Gasteiger partial charge in [-0.2, -0.15) is 0 Å². The van der Waals surface area contributed by atoms with E-state index in [1.165, 1.54) is 10.8 Å². The SMILES string of the molecule is CCc1c(C)nc2c(ccc3ccccc32)c1Cl. The van der Waals surface area contributed by atoms with Crippen molar-refractivity contribution in [3.8, 4) is 0 Å². The molecule has 3 rings (SSSR count). The summed E-state index contributed by atoms with van der Waals surface area (Å²) in [5.74, 6) is 0. The third kappa shape index (κ3) is 1.58. The second kappa shape index (κ2) is 4.25. The molecule has 2 aromatic carbocycles. The van der Waals surface area contributed by atoms with Gasteiger partial charge in [0.15, 0.2) is 0 Å². The van der Waals surface area contributed by atoms with E-state index in [4.69, 9.17) is 16.6 Å². The zero-order valence-electron chi connectivity index (χ0n) is 10.5. The molecule has 0 radical (unpaired) electrons. The van der Waals surface area contributed by atoms with Crippen molar-refractivity contribution in [3.05, 3.63) is 52.7 Å². The number of nitrogens with zero attached hydrogens (tertiary/aromatic N) is 1. The Labute approximate surface area is 111 Å². The van der Waals surface area contributed by atoms with Gasteiger partial charge in [-0.15, -0.1) is 0 Å². The highest BCUT2D eigenvalue weighted by atomic mass is 35.5. The van der Waals surface area contributed by atoms with Gasteiger partial charge >= 0.3 is 0 Å². The van der Waals surface area contributed by atoms with E-state index in [0.29, 0.717) is 0 Å². The Balaban J connectivity index is 2.53. The number of hydrogen-bond donors (Lipinski definition) is 0. The van der Waals surface area contributed by atoms with Crippen LogP contribution < -0.4 is 0 Å². The third-order valence-corrected chi connectivity index (χ3v) is 3.90. The molecule has 0 N–H and O–H groups in total. The first kappa shape index (κ1) is 11.5. The second-order valence-electron chi connectivity index (χ2n) is 4.53. The molecule has 0 aliphatic rings. The van der Waals surface area contributed by atoms with Crippen LogP contribution in [0.25, 0.3) is 21.7 Å². The van der Waals surface area contributed by atoms with E-state index in [2.05, 4.69) is 31.2 Å². The average Bonchev–Trinajstić information content (AvgIpc) is 2.39. The molecule has 0 bridgehead atoms. The molecule has 90 valence electrons. The fourth-order valence-electron chi connectivity index (χ4n) is 2.52. The Hall–Kier alpha value is -1.60. The van der Waals surface area contributed by atoms with Gasteiger partial charge in [0.2, 0.25) is 0 Å². The molecule has 0 spiro atoms. The largest absolute Gasteiger partial charge is 0.252 e. The van der Waals surface area contributed by atoms with Gasteiger partial charge in [-0.3, -0.25) is 4.98 Å². The lowest BCUT2D eigenvalue weighted by molar-refractivity contribution is 1.07. The molecule has 3 aromatic rings. The first-order valence-corrected chi connectivity index (χ1v) is 6.56. The smallest absolute Gasteiger partial charge is 0.0798 e. The molecule has 1 aromatic heterocycles. The number of aryl methyl sites for hydroxylation is 1. The van der Waals surface area contributed by atoms with Gasteiger partial charge in [-0.05, 0) is 24.3 Å². The van der Waals surface area contributed by atoms with Crippen molar-refractivity contribution in [2.24, 2.45) is 0 Å². The molecule has 18 heavy (non-hydrogen) atoms. The fourth-order valence-corrected chi connectivity index (χ4v) is 2.94. The summed E-state index contributed by atoms with van der Waals surface area (Å²) >= 11 is 6.51. The predicted molar refractivity (Wildman–Crippen MR) is 78.4 cm³/mol. The van der Waals surface area contributed by atoms with E-state index in [1.807, 2.05) is 19.1 Å². The normalized spacial score (nSPS) is 11.3. The number of pyridine rings is 1. The highest BCUT2D eigenvalue weighted by Crippen LogP contribution is 2.32. The number of aromatic nitrogens is 1. The minimum atomic E-state index is 0.853. The lowest BCUT2D eigenvalue weighted by Gasteiger charge is -2.11. The highest BCUT2D eigenvalue weighted by molar-refractivity contribution is 6.37. The van der Waals surface area contributed by atoms with Gasteiger partial charge in [0, 0.05) is 16.5 Å². The summed E-state index contributed by atoms with van der Waals surface area (Å²) in [6.07, 6.45) is 0.917. The molecule has 1 heterocycles. The summed E-state index contributed by atoms with van der Waals surface area (Å²) < 4.78 is 0. The van der Waals surface area contributed by atoms with Crippen LogP contribution in [0.3, 0.4) is 0 Å². The fraction of sp³-hybridized carbons (Fsp3) is 0.188. The average molecular weight is 256 g/mol. The van der Waals surface area contributed by atoms with Crippen LogP contribution in [0.4, 0.5) is 0 Å². The molecule has 0 unspecified atom stereocenters. The molecular formula is C16H14ClN. The van der Waals surface area contributed by atoms with E-state index in [-0.39, 0.29) is 0 Å². The van der Waals surface area contributed by atoms with E-state index in [9.17, 15) is 0 Å². The van der Waals surface area contributed by atoms with Crippen LogP contribution in [-0.4, -0.2) is 4.98 Å². The maximum atomic E-state index is 6.51. The molecule has 1 nitrogen and oxygen atoms in total. The molecule has 0 aliphatic heterocycles. The van der Waals surface area contributed by atoms with Gasteiger partial charge in [0.1, 0.15) is 0 Å². The van der Waals surface area contributed by atoms with Gasteiger partial charge < -0.3 is 0 Å². The third-order valence-electron chi connectivity index (χ3n) is 3.47. The van der Waals surface area contributed by atoms with Crippen molar-refractivity contribution in [1.82, 2.24) is 4.98 Å². The van der Waals surface area contributed by atoms with Crippen molar-refractivity contribution in [3.63, 3.8) is 0 Å². The van der Waals surface area contributed by atoms with Gasteiger partial charge in [0.25, 0.3) is 0 Å². The first-order valence-electron chi connectivity index (χ1n) is 6.18. The lowest BCUT2D eigenvalue weighted by atomic mass is 10.0. The zero-order chi connectivity index (χ0) is 12.7. The summed E-state index contributed by atoms with van der Waals surface area (Å²) in [7, 11) is 0. The molecule has 0 atom stereocenters. The van der Waals surface area contributed by atoms with E-state index in [0.717, 1.165) is 33.6 Å². The highest BCUT2D eigenvalue weighted by Gasteiger charge is 2.11. The molecule has 0 aliphatic carbocycles. The van der Waals surface area contributed by atoms with Crippen LogP contribution in [0, 0.1) is 6.92 Å².